The standard InChI is InChI=1S/C47H81O13P/c1-3-5-7-9-11-13-15-17-18-19-20-21-22-24-25-27-29-31-33-35-40(48)57-37-39(38-58-61(55,56)60-47-45(53)43(51)42(50)44(52)46(47)54)59-41(49)36-34-32-30-28-26-23-16-14-12-10-8-6-4-2/h11,13,17-18,20-21,24-25,29,31,39,42-47,50-54H,3-10,12,14-16,19,22-23,26-28,30,32-38H2,1-2H3,(H,55,56). The molecule has 6 N–H and O–H groups in total. The van der Waals surface area contributed by atoms with Gasteiger partial charge in [0, 0.05) is 12.8 Å². The summed E-state index contributed by atoms with van der Waals surface area (Å²) in [6.07, 6.45) is 31.5. The highest BCUT2D eigenvalue weighted by Crippen LogP contribution is 2.47. The molecule has 61 heavy (non-hydrogen) atoms. The van der Waals surface area contributed by atoms with Gasteiger partial charge in [0.1, 0.15) is 43.2 Å². The summed E-state index contributed by atoms with van der Waals surface area (Å²) in [5.74, 6) is -1.20. The molecular weight excluding hydrogens is 803 g/mol. The number of allylic oxidation sites excluding steroid dienone is 10. The van der Waals surface area contributed by atoms with Crippen molar-refractivity contribution in [2.24, 2.45) is 0 Å². The average molecular weight is 885 g/mol. The Kier molecular flexibility index (Phi) is 34.3. The highest BCUT2D eigenvalue weighted by atomic mass is 31.2. The fourth-order valence-corrected chi connectivity index (χ4v) is 7.59. The Morgan fingerprint density at radius 2 is 0.918 bits per heavy atom. The third kappa shape index (κ3) is 29.5. The van der Waals surface area contributed by atoms with E-state index in [2.05, 4.69) is 56.4 Å². The van der Waals surface area contributed by atoms with Crippen molar-refractivity contribution in [1.29, 1.82) is 0 Å². The van der Waals surface area contributed by atoms with Crippen LogP contribution in [0.3, 0.4) is 0 Å². The van der Waals surface area contributed by atoms with E-state index in [4.69, 9.17) is 18.5 Å². The van der Waals surface area contributed by atoms with Gasteiger partial charge in [-0.15, -0.1) is 0 Å². The maximum atomic E-state index is 12.8. The Morgan fingerprint density at radius 3 is 1.41 bits per heavy atom. The Morgan fingerprint density at radius 1 is 0.508 bits per heavy atom. The number of hydrogen-bond donors (Lipinski definition) is 6. The summed E-state index contributed by atoms with van der Waals surface area (Å²) in [7, 11) is -5.13. The van der Waals surface area contributed by atoms with Gasteiger partial charge in [-0.2, -0.15) is 0 Å². The molecule has 1 rings (SSSR count). The van der Waals surface area contributed by atoms with E-state index < -0.39 is 75.7 Å². The highest BCUT2D eigenvalue weighted by molar-refractivity contribution is 7.47. The maximum absolute atomic E-state index is 12.8. The molecule has 6 unspecified atom stereocenters. The minimum atomic E-state index is -5.13. The lowest BCUT2D eigenvalue weighted by Gasteiger charge is -2.41. The zero-order chi connectivity index (χ0) is 45.0. The second-order valence-electron chi connectivity index (χ2n) is 15.9. The van der Waals surface area contributed by atoms with Crippen molar-refractivity contribution in [3.05, 3.63) is 60.8 Å². The number of carbonyl (C=O) groups is 2. The number of hydrogen-bond acceptors (Lipinski definition) is 12. The molecule has 0 amide bonds. The first-order valence-electron chi connectivity index (χ1n) is 23.1. The lowest BCUT2D eigenvalue weighted by Crippen LogP contribution is -2.64. The summed E-state index contributed by atoms with van der Waals surface area (Å²) in [6.45, 7) is 3.20. The quantitative estimate of drug-likeness (QED) is 0.0149. The second-order valence-corrected chi connectivity index (χ2v) is 17.3. The summed E-state index contributed by atoms with van der Waals surface area (Å²) in [5.41, 5.74) is 0. The van der Waals surface area contributed by atoms with Crippen molar-refractivity contribution < 1.29 is 63.1 Å². The van der Waals surface area contributed by atoms with E-state index >= 15 is 0 Å². The van der Waals surface area contributed by atoms with E-state index in [0.717, 1.165) is 51.4 Å². The van der Waals surface area contributed by atoms with Crippen molar-refractivity contribution in [2.45, 2.75) is 211 Å². The van der Waals surface area contributed by atoms with Crippen molar-refractivity contribution >= 4 is 19.8 Å². The zero-order valence-corrected chi connectivity index (χ0v) is 38.1. The van der Waals surface area contributed by atoms with Gasteiger partial charge in [-0.3, -0.25) is 18.6 Å². The summed E-state index contributed by atoms with van der Waals surface area (Å²) in [5, 5.41) is 50.1. The lowest BCUT2D eigenvalue weighted by molar-refractivity contribution is -0.220. The molecule has 0 spiro atoms. The van der Waals surface area contributed by atoms with E-state index in [1.165, 1.54) is 70.6 Å². The topological polar surface area (TPSA) is 210 Å². The number of esters is 2. The first-order valence-corrected chi connectivity index (χ1v) is 24.6. The molecule has 1 fully saturated rings. The Bertz CT molecular complexity index is 1300. The van der Waals surface area contributed by atoms with Crippen molar-refractivity contribution in [2.75, 3.05) is 13.2 Å². The molecule has 14 heteroatoms. The van der Waals surface area contributed by atoms with Crippen molar-refractivity contribution in [1.82, 2.24) is 0 Å². The summed E-state index contributed by atoms with van der Waals surface area (Å²) in [6, 6.07) is 0. The van der Waals surface area contributed by atoms with E-state index in [-0.39, 0.29) is 12.8 Å². The number of unbranched alkanes of at least 4 members (excludes halogenated alkanes) is 15. The van der Waals surface area contributed by atoms with Gasteiger partial charge in [-0.05, 0) is 51.4 Å². The van der Waals surface area contributed by atoms with E-state index in [1.807, 2.05) is 18.2 Å². The fraction of sp³-hybridized carbons (Fsp3) is 0.745. The third-order valence-corrected chi connectivity index (χ3v) is 11.4. The van der Waals surface area contributed by atoms with Crippen LogP contribution in [0.25, 0.3) is 0 Å². The molecule has 0 aromatic rings. The first-order chi connectivity index (χ1) is 29.4. The molecular formula is C47H81O13P. The minimum Gasteiger partial charge on any atom is -0.462 e. The molecule has 1 aliphatic carbocycles. The molecule has 0 aromatic carbocycles. The number of rotatable bonds is 37. The Hall–Kier alpha value is -2.45. The van der Waals surface area contributed by atoms with Crippen LogP contribution in [0.5, 0.6) is 0 Å². The molecule has 0 aliphatic heterocycles. The fourth-order valence-electron chi connectivity index (χ4n) is 6.62. The number of phosphoric ester groups is 1. The van der Waals surface area contributed by atoms with Crippen LogP contribution in [0.15, 0.2) is 60.8 Å². The number of aliphatic hydroxyl groups excluding tert-OH is 5. The van der Waals surface area contributed by atoms with Gasteiger partial charge in [0.05, 0.1) is 6.61 Å². The van der Waals surface area contributed by atoms with Crippen molar-refractivity contribution in [3.8, 4) is 0 Å². The van der Waals surface area contributed by atoms with Crippen LogP contribution >= 0.6 is 7.82 Å². The largest absolute Gasteiger partial charge is 0.472 e. The van der Waals surface area contributed by atoms with E-state index in [1.54, 1.807) is 0 Å². The van der Waals surface area contributed by atoms with Gasteiger partial charge in [-0.25, -0.2) is 4.57 Å². The van der Waals surface area contributed by atoms with Crippen LogP contribution in [-0.2, 0) is 32.7 Å². The first kappa shape index (κ1) is 56.6. The van der Waals surface area contributed by atoms with Crippen LogP contribution in [-0.4, -0.2) is 98.3 Å². The molecule has 0 heterocycles. The number of carbonyl (C=O) groups excluding carboxylic acids is 2. The lowest BCUT2D eigenvalue weighted by atomic mass is 9.85. The van der Waals surface area contributed by atoms with Gasteiger partial charge in [-0.1, -0.05) is 164 Å². The smallest absolute Gasteiger partial charge is 0.462 e. The van der Waals surface area contributed by atoms with Gasteiger partial charge in [0.2, 0.25) is 0 Å². The predicted molar refractivity (Wildman–Crippen MR) is 239 cm³/mol. The highest BCUT2D eigenvalue weighted by Gasteiger charge is 2.51. The molecule has 6 atom stereocenters. The molecule has 1 saturated carbocycles. The van der Waals surface area contributed by atoms with E-state index in [9.17, 15) is 44.6 Å². The van der Waals surface area contributed by atoms with Gasteiger partial charge < -0.3 is 39.9 Å². The molecule has 0 bridgehead atoms. The SMILES string of the molecule is CCCCCC=CCC=CCC=CCC=CCC=CCCC(=O)OCC(COP(=O)(O)OC1C(O)C(O)C(O)C(O)C1O)OC(=O)CCCCCCCCCCCCCCC. The molecule has 352 valence electrons. The number of aliphatic hydroxyl groups is 5. The predicted octanol–water partition coefficient (Wildman–Crippen LogP) is 8.94. The summed E-state index contributed by atoms with van der Waals surface area (Å²) < 4.78 is 33.4. The van der Waals surface area contributed by atoms with Gasteiger partial charge in [0.15, 0.2) is 6.10 Å². The third-order valence-electron chi connectivity index (χ3n) is 10.4. The maximum Gasteiger partial charge on any atom is 0.472 e. The molecule has 0 radical (unpaired) electrons. The molecule has 0 saturated heterocycles. The van der Waals surface area contributed by atoms with Crippen LogP contribution in [0.1, 0.15) is 168 Å². The Balaban J connectivity index is 2.51. The number of phosphoric acid groups is 1. The Labute approximate surface area is 366 Å². The normalized spacial score (nSPS) is 22.6. The number of ether oxygens (including phenoxy) is 2. The molecule has 13 nitrogen and oxygen atoms in total. The van der Waals surface area contributed by atoms with Gasteiger partial charge in [0.25, 0.3) is 0 Å². The van der Waals surface area contributed by atoms with Crippen molar-refractivity contribution in [3.63, 3.8) is 0 Å². The van der Waals surface area contributed by atoms with Crippen LogP contribution in [0.4, 0.5) is 0 Å². The van der Waals surface area contributed by atoms with Crippen LogP contribution in [0.2, 0.25) is 0 Å². The molecule has 1 aliphatic rings. The van der Waals surface area contributed by atoms with Crippen LogP contribution in [0, 0.1) is 0 Å². The van der Waals surface area contributed by atoms with Crippen LogP contribution < -0.4 is 0 Å². The monoisotopic (exact) mass is 885 g/mol. The second kappa shape index (κ2) is 37.0. The molecule has 0 aromatic heterocycles. The van der Waals surface area contributed by atoms with Gasteiger partial charge >= 0.3 is 19.8 Å². The summed E-state index contributed by atoms with van der Waals surface area (Å²) in [4.78, 5) is 35.6. The zero-order valence-electron chi connectivity index (χ0n) is 37.2. The van der Waals surface area contributed by atoms with E-state index in [0.29, 0.717) is 19.3 Å². The average Bonchev–Trinajstić information content (AvgIpc) is 3.24. The minimum absolute atomic E-state index is 0.0428. The summed E-state index contributed by atoms with van der Waals surface area (Å²) >= 11 is 0.